The van der Waals surface area contributed by atoms with Gasteiger partial charge in [-0.2, -0.15) is 0 Å². The van der Waals surface area contributed by atoms with Crippen molar-refractivity contribution < 1.29 is 19.4 Å². The number of hydrogen-bond donors (Lipinski definition) is 3. The Morgan fingerprint density at radius 2 is 1.84 bits per heavy atom. The van der Waals surface area contributed by atoms with Gasteiger partial charge in [0.15, 0.2) is 0 Å². The van der Waals surface area contributed by atoms with Crippen LogP contribution in [-0.2, 0) is 9.53 Å². The van der Waals surface area contributed by atoms with Crippen molar-refractivity contribution in [3.05, 3.63) is 0 Å². The fourth-order valence-electron chi connectivity index (χ4n) is 1.48. The minimum absolute atomic E-state index is 0.433. The van der Waals surface area contributed by atoms with E-state index in [9.17, 15) is 9.59 Å². The van der Waals surface area contributed by atoms with Crippen LogP contribution in [0.4, 0.5) is 4.79 Å². The number of hydrogen-bond acceptors (Lipinski definition) is 3. The molecule has 3 N–H and O–H groups in total. The first-order valence-corrected chi connectivity index (χ1v) is 6.96. The van der Waals surface area contributed by atoms with E-state index < -0.39 is 18.0 Å². The van der Waals surface area contributed by atoms with E-state index in [0.29, 0.717) is 26.0 Å². The number of ether oxygens (including phenoxy) is 1. The van der Waals surface area contributed by atoms with Gasteiger partial charge in [-0.3, -0.25) is 0 Å². The first-order chi connectivity index (χ1) is 9.11. The fourth-order valence-corrected chi connectivity index (χ4v) is 1.48. The van der Waals surface area contributed by atoms with E-state index in [1.807, 2.05) is 6.92 Å². The summed E-state index contributed by atoms with van der Waals surface area (Å²) in [7, 11) is 0. The van der Waals surface area contributed by atoms with Gasteiger partial charge in [-0.05, 0) is 19.3 Å². The molecule has 0 aromatic carbocycles. The number of aliphatic carboxylic acids is 1. The Labute approximate surface area is 114 Å². The molecule has 0 radical (unpaired) electrons. The van der Waals surface area contributed by atoms with E-state index >= 15 is 0 Å². The van der Waals surface area contributed by atoms with Crippen LogP contribution in [0, 0.1) is 0 Å². The number of carboxylic acids is 1. The molecule has 0 bridgehead atoms. The van der Waals surface area contributed by atoms with Crippen LogP contribution in [0.1, 0.15) is 46.0 Å². The third-order valence-electron chi connectivity index (χ3n) is 2.57. The minimum atomic E-state index is -1.00. The van der Waals surface area contributed by atoms with Crippen LogP contribution in [0.2, 0.25) is 0 Å². The van der Waals surface area contributed by atoms with Crippen LogP contribution >= 0.6 is 0 Å². The zero-order chi connectivity index (χ0) is 14.5. The molecule has 112 valence electrons. The highest BCUT2D eigenvalue weighted by Gasteiger charge is 2.18. The van der Waals surface area contributed by atoms with Crippen LogP contribution in [0.25, 0.3) is 0 Å². The number of carboxylic acid groups (broad SMARTS) is 1. The highest BCUT2D eigenvalue weighted by molar-refractivity contribution is 5.82. The third-order valence-corrected chi connectivity index (χ3v) is 2.57. The SMILES string of the molecule is CCCCOCCCNC(=O)N[C@H](CCC)C(=O)O. The molecule has 0 unspecified atom stereocenters. The Bertz CT molecular complexity index is 259. The second-order valence-corrected chi connectivity index (χ2v) is 4.40. The van der Waals surface area contributed by atoms with E-state index in [1.54, 1.807) is 0 Å². The zero-order valence-corrected chi connectivity index (χ0v) is 11.9. The number of rotatable bonds is 11. The second kappa shape index (κ2) is 11.8. The minimum Gasteiger partial charge on any atom is -0.480 e. The Morgan fingerprint density at radius 3 is 2.42 bits per heavy atom. The fraction of sp³-hybridized carbons (Fsp3) is 0.846. The Balaban J connectivity index is 3.60. The molecule has 0 rings (SSSR count). The lowest BCUT2D eigenvalue weighted by Gasteiger charge is -2.14. The monoisotopic (exact) mass is 274 g/mol. The summed E-state index contributed by atoms with van der Waals surface area (Å²) in [4.78, 5) is 22.3. The van der Waals surface area contributed by atoms with Gasteiger partial charge in [0.2, 0.25) is 0 Å². The van der Waals surface area contributed by atoms with Crippen molar-refractivity contribution in [2.45, 2.75) is 52.0 Å². The molecular formula is C13H26N2O4. The normalized spacial score (nSPS) is 11.9. The number of unbranched alkanes of at least 4 members (excludes halogenated alkanes) is 1. The van der Waals surface area contributed by atoms with E-state index in [2.05, 4.69) is 17.6 Å². The van der Waals surface area contributed by atoms with Crippen molar-refractivity contribution in [1.82, 2.24) is 10.6 Å². The topological polar surface area (TPSA) is 87.7 Å². The number of carbonyl (C=O) groups excluding carboxylic acids is 1. The number of nitrogens with one attached hydrogen (secondary N) is 2. The van der Waals surface area contributed by atoms with Crippen molar-refractivity contribution >= 4 is 12.0 Å². The molecule has 0 heterocycles. The average Bonchev–Trinajstić information content (AvgIpc) is 2.37. The van der Waals surface area contributed by atoms with E-state index in [0.717, 1.165) is 25.9 Å². The van der Waals surface area contributed by atoms with E-state index in [4.69, 9.17) is 9.84 Å². The summed E-state index contributed by atoms with van der Waals surface area (Å²) in [6.07, 6.45) is 4.02. The van der Waals surface area contributed by atoms with Crippen LogP contribution in [0.3, 0.4) is 0 Å². The summed E-state index contributed by atoms with van der Waals surface area (Å²) in [5.41, 5.74) is 0. The van der Waals surface area contributed by atoms with Gasteiger partial charge in [0, 0.05) is 19.8 Å². The van der Waals surface area contributed by atoms with Gasteiger partial charge in [-0.1, -0.05) is 26.7 Å². The third kappa shape index (κ3) is 10.3. The van der Waals surface area contributed by atoms with Gasteiger partial charge < -0.3 is 20.5 Å². The largest absolute Gasteiger partial charge is 0.480 e. The predicted octanol–water partition coefficient (Wildman–Crippen LogP) is 1.75. The zero-order valence-electron chi connectivity index (χ0n) is 11.9. The first-order valence-electron chi connectivity index (χ1n) is 6.96. The Kier molecular flexibility index (Phi) is 11.0. The summed E-state index contributed by atoms with van der Waals surface area (Å²) in [6, 6.07) is -1.25. The average molecular weight is 274 g/mol. The van der Waals surface area contributed by atoms with Gasteiger partial charge >= 0.3 is 12.0 Å². The molecular weight excluding hydrogens is 248 g/mol. The molecule has 0 saturated carbocycles. The quantitative estimate of drug-likeness (QED) is 0.501. The predicted molar refractivity (Wildman–Crippen MR) is 73.2 cm³/mol. The van der Waals surface area contributed by atoms with Crippen molar-refractivity contribution in [2.24, 2.45) is 0 Å². The molecule has 0 aromatic heterocycles. The van der Waals surface area contributed by atoms with Crippen molar-refractivity contribution in [3.8, 4) is 0 Å². The summed E-state index contributed by atoms with van der Waals surface area (Å²) in [5.74, 6) is -1.00. The molecule has 6 nitrogen and oxygen atoms in total. The molecule has 0 saturated heterocycles. The summed E-state index contributed by atoms with van der Waals surface area (Å²) in [5, 5.41) is 13.9. The van der Waals surface area contributed by atoms with Gasteiger partial charge in [-0.25, -0.2) is 9.59 Å². The van der Waals surface area contributed by atoms with Gasteiger partial charge in [0.05, 0.1) is 0 Å². The molecule has 0 aliphatic heterocycles. The highest BCUT2D eigenvalue weighted by atomic mass is 16.5. The number of amides is 2. The molecule has 0 fully saturated rings. The van der Waals surface area contributed by atoms with Gasteiger partial charge in [0.1, 0.15) is 6.04 Å². The van der Waals surface area contributed by atoms with Crippen LogP contribution in [-0.4, -0.2) is 42.9 Å². The lowest BCUT2D eigenvalue weighted by Crippen LogP contribution is -2.46. The highest BCUT2D eigenvalue weighted by Crippen LogP contribution is 1.96. The van der Waals surface area contributed by atoms with Gasteiger partial charge in [0.25, 0.3) is 0 Å². The van der Waals surface area contributed by atoms with Crippen molar-refractivity contribution in [1.29, 1.82) is 0 Å². The summed E-state index contributed by atoms with van der Waals surface area (Å²) >= 11 is 0. The van der Waals surface area contributed by atoms with Crippen LogP contribution < -0.4 is 10.6 Å². The van der Waals surface area contributed by atoms with Crippen molar-refractivity contribution in [2.75, 3.05) is 19.8 Å². The lowest BCUT2D eigenvalue weighted by molar-refractivity contribution is -0.139. The van der Waals surface area contributed by atoms with E-state index in [-0.39, 0.29) is 0 Å². The Hall–Kier alpha value is -1.30. The smallest absolute Gasteiger partial charge is 0.326 e. The second-order valence-electron chi connectivity index (χ2n) is 4.40. The lowest BCUT2D eigenvalue weighted by atomic mass is 10.2. The molecule has 0 aliphatic rings. The molecule has 0 aromatic rings. The van der Waals surface area contributed by atoms with Crippen LogP contribution in [0.5, 0.6) is 0 Å². The van der Waals surface area contributed by atoms with Gasteiger partial charge in [-0.15, -0.1) is 0 Å². The molecule has 19 heavy (non-hydrogen) atoms. The maximum absolute atomic E-state index is 11.4. The summed E-state index contributed by atoms with van der Waals surface area (Å²) < 4.78 is 5.35. The van der Waals surface area contributed by atoms with Crippen LogP contribution in [0.15, 0.2) is 0 Å². The Morgan fingerprint density at radius 1 is 1.16 bits per heavy atom. The molecule has 2 amide bonds. The molecule has 1 atom stereocenters. The van der Waals surface area contributed by atoms with E-state index in [1.165, 1.54) is 0 Å². The molecule has 0 aliphatic carbocycles. The van der Waals surface area contributed by atoms with Crippen molar-refractivity contribution in [3.63, 3.8) is 0 Å². The maximum Gasteiger partial charge on any atom is 0.326 e. The maximum atomic E-state index is 11.4. The molecule has 0 spiro atoms. The standard InChI is InChI=1S/C13H26N2O4/c1-3-5-9-19-10-6-8-14-13(18)15-11(7-4-2)12(16)17/h11H,3-10H2,1-2H3,(H,16,17)(H2,14,15,18)/t11-/m1/s1. The molecule has 6 heteroatoms. The number of carbonyl (C=O) groups is 2. The number of urea groups is 1. The summed E-state index contributed by atoms with van der Waals surface area (Å²) in [6.45, 7) is 5.82. The first kappa shape index (κ1) is 17.7.